The largest absolute Gasteiger partial charge is 0.376 e. The third-order valence-electron chi connectivity index (χ3n) is 5.15. The Kier molecular flexibility index (Phi) is 4.79. The van der Waals surface area contributed by atoms with Crippen LogP contribution in [0.4, 0.5) is 10.3 Å². The molecule has 0 radical (unpaired) electrons. The number of rotatable bonds is 5. The van der Waals surface area contributed by atoms with E-state index in [1.807, 2.05) is 4.90 Å². The van der Waals surface area contributed by atoms with Gasteiger partial charge in [-0.1, -0.05) is 12.1 Å². The number of aromatic nitrogens is 2. The lowest BCUT2D eigenvalue weighted by Crippen LogP contribution is -2.33. The summed E-state index contributed by atoms with van der Waals surface area (Å²) in [5, 5.41) is 3.25. The number of hydrogen-bond donors (Lipinski definition) is 1. The Labute approximate surface area is 151 Å². The van der Waals surface area contributed by atoms with Crippen molar-refractivity contribution in [2.45, 2.75) is 12.5 Å². The molecule has 136 valence electrons. The third kappa shape index (κ3) is 3.67. The van der Waals surface area contributed by atoms with Gasteiger partial charge in [-0.3, -0.25) is 4.79 Å². The molecule has 2 aliphatic heterocycles. The van der Waals surface area contributed by atoms with Crippen LogP contribution < -0.4 is 5.32 Å². The van der Waals surface area contributed by atoms with Gasteiger partial charge in [0.15, 0.2) is 0 Å². The average Bonchev–Trinajstić information content (AvgIpc) is 3.24. The van der Waals surface area contributed by atoms with Gasteiger partial charge >= 0.3 is 0 Å². The standard InChI is InChI=1S/C19H21FN4O2/c20-15-4-2-13(3-5-15)8-18(25)24-10-16-14(12-26-17(16)11-24)9-23-19-21-6-1-7-22-19/h1-7,14,16-17H,8-12H2,(H,21,22,23)/t14-,16+,17+/m0/s1. The van der Waals surface area contributed by atoms with Crippen molar-refractivity contribution in [2.75, 3.05) is 31.6 Å². The minimum Gasteiger partial charge on any atom is -0.376 e. The Morgan fingerprint density at radius 1 is 1.23 bits per heavy atom. The van der Waals surface area contributed by atoms with Gasteiger partial charge < -0.3 is 15.0 Å². The number of nitrogens with zero attached hydrogens (tertiary/aromatic N) is 3. The summed E-state index contributed by atoms with van der Waals surface area (Å²) in [6.07, 6.45) is 3.79. The first-order valence-electron chi connectivity index (χ1n) is 8.84. The highest BCUT2D eigenvalue weighted by Crippen LogP contribution is 2.34. The molecule has 26 heavy (non-hydrogen) atoms. The first-order valence-corrected chi connectivity index (χ1v) is 8.84. The highest BCUT2D eigenvalue weighted by atomic mass is 19.1. The van der Waals surface area contributed by atoms with E-state index < -0.39 is 0 Å². The van der Waals surface area contributed by atoms with Crippen LogP contribution in [0, 0.1) is 17.7 Å². The van der Waals surface area contributed by atoms with E-state index in [0.29, 0.717) is 43.9 Å². The van der Waals surface area contributed by atoms with Gasteiger partial charge in [0.1, 0.15) is 5.82 Å². The molecule has 0 saturated carbocycles. The predicted octanol–water partition coefficient (Wildman–Crippen LogP) is 1.74. The molecule has 3 heterocycles. The topological polar surface area (TPSA) is 67.4 Å². The molecule has 0 spiro atoms. The van der Waals surface area contributed by atoms with E-state index >= 15 is 0 Å². The summed E-state index contributed by atoms with van der Waals surface area (Å²) in [5.41, 5.74) is 0.828. The van der Waals surface area contributed by atoms with Crippen LogP contribution in [-0.4, -0.2) is 53.1 Å². The summed E-state index contributed by atoms with van der Waals surface area (Å²) in [7, 11) is 0. The van der Waals surface area contributed by atoms with Gasteiger partial charge in [0.25, 0.3) is 0 Å². The van der Waals surface area contributed by atoms with E-state index in [1.54, 1.807) is 30.6 Å². The molecule has 0 aliphatic carbocycles. The van der Waals surface area contributed by atoms with Gasteiger partial charge in [-0.15, -0.1) is 0 Å². The molecule has 2 saturated heterocycles. The summed E-state index contributed by atoms with van der Waals surface area (Å²) in [6.45, 7) is 2.75. The number of ether oxygens (including phenoxy) is 1. The van der Waals surface area contributed by atoms with E-state index in [-0.39, 0.29) is 17.8 Å². The van der Waals surface area contributed by atoms with Crippen molar-refractivity contribution in [1.82, 2.24) is 14.9 Å². The highest BCUT2D eigenvalue weighted by molar-refractivity contribution is 5.79. The van der Waals surface area contributed by atoms with Crippen LogP contribution in [0.15, 0.2) is 42.7 Å². The number of carbonyl (C=O) groups is 1. The molecule has 1 aromatic heterocycles. The van der Waals surface area contributed by atoms with E-state index in [9.17, 15) is 9.18 Å². The highest BCUT2D eigenvalue weighted by Gasteiger charge is 2.44. The Balaban J connectivity index is 1.32. The lowest BCUT2D eigenvalue weighted by Gasteiger charge is -2.20. The second kappa shape index (κ2) is 7.37. The maximum Gasteiger partial charge on any atom is 0.227 e. The number of nitrogens with one attached hydrogen (secondary N) is 1. The molecule has 7 heteroatoms. The number of likely N-dealkylation sites (tertiary alicyclic amines) is 1. The zero-order valence-corrected chi connectivity index (χ0v) is 14.3. The Morgan fingerprint density at radius 2 is 2.00 bits per heavy atom. The molecule has 4 rings (SSSR count). The first-order chi connectivity index (χ1) is 12.7. The fourth-order valence-electron chi connectivity index (χ4n) is 3.71. The molecule has 6 nitrogen and oxygen atoms in total. The van der Waals surface area contributed by atoms with Crippen molar-refractivity contribution in [3.63, 3.8) is 0 Å². The molecular weight excluding hydrogens is 335 g/mol. The van der Waals surface area contributed by atoms with E-state index in [1.165, 1.54) is 12.1 Å². The van der Waals surface area contributed by atoms with Gasteiger partial charge in [0, 0.05) is 43.9 Å². The van der Waals surface area contributed by atoms with Crippen LogP contribution in [0.25, 0.3) is 0 Å². The third-order valence-corrected chi connectivity index (χ3v) is 5.15. The quantitative estimate of drug-likeness (QED) is 0.884. The maximum absolute atomic E-state index is 13.0. The number of anilines is 1. The molecule has 2 aliphatic rings. The van der Waals surface area contributed by atoms with Gasteiger partial charge in [-0.2, -0.15) is 0 Å². The Bertz CT molecular complexity index is 756. The van der Waals surface area contributed by atoms with Crippen LogP contribution >= 0.6 is 0 Å². The van der Waals surface area contributed by atoms with Gasteiger partial charge in [0.05, 0.1) is 19.1 Å². The summed E-state index contributed by atoms with van der Waals surface area (Å²) < 4.78 is 18.9. The van der Waals surface area contributed by atoms with Crippen LogP contribution in [-0.2, 0) is 16.0 Å². The summed E-state index contributed by atoms with van der Waals surface area (Å²) >= 11 is 0. The van der Waals surface area contributed by atoms with Crippen molar-refractivity contribution in [3.05, 3.63) is 54.1 Å². The molecule has 2 fully saturated rings. The normalized spacial score (nSPS) is 24.5. The SMILES string of the molecule is O=C(Cc1ccc(F)cc1)N1C[C@@H]2[C@@H](CNc3ncccn3)CO[C@@H]2C1. The first kappa shape index (κ1) is 16.9. The van der Waals surface area contributed by atoms with Crippen molar-refractivity contribution in [2.24, 2.45) is 11.8 Å². The fourth-order valence-corrected chi connectivity index (χ4v) is 3.71. The molecule has 2 aromatic rings. The second-order valence-electron chi connectivity index (χ2n) is 6.85. The van der Waals surface area contributed by atoms with Crippen molar-refractivity contribution in [1.29, 1.82) is 0 Å². The van der Waals surface area contributed by atoms with Crippen LogP contribution in [0.1, 0.15) is 5.56 Å². The Morgan fingerprint density at radius 3 is 2.77 bits per heavy atom. The molecule has 1 N–H and O–H groups in total. The lowest BCUT2D eigenvalue weighted by molar-refractivity contribution is -0.130. The van der Waals surface area contributed by atoms with Crippen LogP contribution in [0.3, 0.4) is 0 Å². The van der Waals surface area contributed by atoms with Crippen LogP contribution in [0.5, 0.6) is 0 Å². The summed E-state index contributed by atoms with van der Waals surface area (Å²) in [5.74, 6) is 1.03. The zero-order chi connectivity index (χ0) is 17.9. The summed E-state index contributed by atoms with van der Waals surface area (Å²) in [4.78, 5) is 22.8. The lowest BCUT2D eigenvalue weighted by atomic mass is 9.93. The van der Waals surface area contributed by atoms with E-state index in [4.69, 9.17) is 4.74 Å². The monoisotopic (exact) mass is 356 g/mol. The molecule has 3 atom stereocenters. The molecule has 1 aromatic carbocycles. The van der Waals surface area contributed by atoms with E-state index in [2.05, 4.69) is 15.3 Å². The number of amides is 1. The number of hydrogen-bond acceptors (Lipinski definition) is 5. The van der Waals surface area contributed by atoms with Crippen molar-refractivity contribution in [3.8, 4) is 0 Å². The van der Waals surface area contributed by atoms with Crippen molar-refractivity contribution < 1.29 is 13.9 Å². The molecular formula is C19H21FN4O2. The smallest absolute Gasteiger partial charge is 0.227 e. The molecule has 0 unspecified atom stereocenters. The average molecular weight is 356 g/mol. The number of benzene rings is 1. The van der Waals surface area contributed by atoms with Crippen LogP contribution in [0.2, 0.25) is 0 Å². The minimum atomic E-state index is -0.289. The van der Waals surface area contributed by atoms with E-state index in [0.717, 1.165) is 12.1 Å². The molecule has 0 bridgehead atoms. The summed E-state index contributed by atoms with van der Waals surface area (Å²) in [6, 6.07) is 7.87. The second-order valence-corrected chi connectivity index (χ2v) is 6.85. The van der Waals surface area contributed by atoms with Gasteiger partial charge in [0.2, 0.25) is 11.9 Å². The Hall–Kier alpha value is -2.54. The van der Waals surface area contributed by atoms with Gasteiger partial charge in [-0.05, 0) is 23.8 Å². The number of carbonyl (C=O) groups excluding carboxylic acids is 1. The number of halogens is 1. The van der Waals surface area contributed by atoms with Crippen molar-refractivity contribution >= 4 is 11.9 Å². The number of fused-ring (bicyclic) bond motifs is 1. The van der Waals surface area contributed by atoms with Gasteiger partial charge in [-0.25, -0.2) is 14.4 Å². The zero-order valence-electron chi connectivity index (χ0n) is 14.3. The maximum atomic E-state index is 13.0. The fraction of sp³-hybridized carbons (Fsp3) is 0.421. The molecule has 1 amide bonds. The predicted molar refractivity (Wildman–Crippen MR) is 93.9 cm³/mol. The minimum absolute atomic E-state index is 0.0627.